The molecule has 1 aliphatic rings. The molecule has 0 bridgehead atoms. The molecule has 1 saturated carbocycles. The van der Waals surface area contributed by atoms with E-state index in [4.69, 9.17) is 9.47 Å². The van der Waals surface area contributed by atoms with Crippen molar-refractivity contribution in [1.29, 1.82) is 0 Å². The molecule has 2 aromatic heterocycles. The van der Waals surface area contributed by atoms with E-state index in [1.165, 1.54) is 4.68 Å². The maximum atomic E-state index is 12.3. The molecule has 180 valence electrons. The van der Waals surface area contributed by atoms with E-state index in [0.29, 0.717) is 41.7 Å². The number of rotatable bonds is 9. The fourth-order valence-electron chi connectivity index (χ4n) is 4.21. The van der Waals surface area contributed by atoms with Crippen LogP contribution in [0.25, 0.3) is 11.4 Å². The fraction of sp³-hybridized carbons (Fsp3) is 0.609. The van der Waals surface area contributed by atoms with E-state index in [2.05, 4.69) is 20.6 Å². The summed E-state index contributed by atoms with van der Waals surface area (Å²) in [6.45, 7) is 6.04. The number of pyridine rings is 1. The summed E-state index contributed by atoms with van der Waals surface area (Å²) in [5.74, 6) is -0.138. The fourth-order valence-corrected chi connectivity index (χ4v) is 4.21. The normalized spacial score (nSPS) is 19.0. The van der Waals surface area contributed by atoms with Gasteiger partial charge in [-0.1, -0.05) is 31.4 Å². The van der Waals surface area contributed by atoms with Crippen LogP contribution < -0.4 is 10.1 Å². The molecule has 10 heteroatoms. The minimum absolute atomic E-state index is 0.00719. The molecule has 0 unspecified atom stereocenters. The van der Waals surface area contributed by atoms with E-state index in [1.54, 1.807) is 19.2 Å². The van der Waals surface area contributed by atoms with Crippen molar-refractivity contribution in [3.63, 3.8) is 0 Å². The van der Waals surface area contributed by atoms with Gasteiger partial charge in [0.25, 0.3) is 0 Å². The number of aromatic nitrogens is 4. The quantitative estimate of drug-likeness (QED) is 0.571. The zero-order chi connectivity index (χ0) is 24.0. The van der Waals surface area contributed by atoms with Crippen molar-refractivity contribution in [1.82, 2.24) is 20.0 Å². The Morgan fingerprint density at radius 1 is 1.30 bits per heavy atom. The van der Waals surface area contributed by atoms with E-state index in [-0.39, 0.29) is 17.9 Å². The first-order valence-corrected chi connectivity index (χ1v) is 11.5. The molecule has 1 fully saturated rings. The molecule has 0 saturated heterocycles. The number of hydrogen-bond donors (Lipinski definition) is 2. The second-order valence-electron chi connectivity index (χ2n) is 8.62. The van der Waals surface area contributed by atoms with Gasteiger partial charge in [0.05, 0.1) is 23.9 Å². The van der Waals surface area contributed by atoms with Crippen LogP contribution in [0.2, 0.25) is 0 Å². The topological polar surface area (TPSA) is 128 Å². The lowest BCUT2D eigenvalue weighted by atomic mass is 9.80. The Balaban J connectivity index is 1.70. The molecule has 0 aliphatic heterocycles. The number of anilines is 1. The predicted octanol–water partition coefficient (Wildman–Crippen LogP) is 4.19. The summed E-state index contributed by atoms with van der Waals surface area (Å²) in [6, 6.07) is 3.54. The first kappa shape index (κ1) is 24.5. The van der Waals surface area contributed by atoms with Gasteiger partial charge in [-0.25, -0.2) is 14.5 Å². The number of ether oxygens (including phenoxy) is 2. The molecule has 1 amide bonds. The van der Waals surface area contributed by atoms with Gasteiger partial charge in [0.1, 0.15) is 11.9 Å². The molecule has 3 rings (SSSR count). The monoisotopic (exact) mass is 459 g/mol. The van der Waals surface area contributed by atoms with Crippen molar-refractivity contribution >= 4 is 17.9 Å². The summed E-state index contributed by atoms with van der Waals surface area (Å²) >= 11 is 0. The zero-order valence-electron chi connectivity index (χ0n) is 19.7. The van der Waals surface area contributed by atoms with Crippen LogP contribution in [0.1, 0.15) is 58.1 Å². The number of aryl methyl sites for hydroxylation is 2. The van der Waals surface area contributed by atoms with Crippen molar-refractivity contribution in [2.45, 2.75) is 65.4 Å². The molecule has 0 spiro atoms. The average Bonchev–Trinajstić information content (AvgIpc) is 3.13. The first-order chi connectivity index (χ1) is 15.8. The second kappa shape index (κ2) is 11.1. The van der Waals surface area contributed by atoms with Crippen molar-refractivity contribution < 1.29 is 24.2 Å². The van der Waals surface area contributed by atoms with Crippen LogP contribution in [-0.4, -0.2) is 49.9 Å². The Bertz CT molecular complexity index is 976. The lowest BCUT2D eigenvalue weighted by Crippen LogP contribution is -2.31. The minimum Gasteiger partial charge on any atom is -0.491 e. The standard InChI is InChI=1S/C23H33N5O5/c1-5-8-14(2)33-23(31)25-21-20(26-27-28(21)4)18-11-12-19(15(3)24-18)32-13-16-9-6-7-10-17(16)22(29)30/h11-12,14,16-17H,5-10,13H2,1-4H3,(H,25,31)(H,29,30)/t14-,16-,17+/m1/s1. The van der Waals surface area contributed by atoms with Crippen LogP contribution in [0.5, 0.6) is 5.75 Å². The molecular formula is C23H33N5O5. The Morgan fingerprint density at radius 2 is 2.06 bits per heavy atom. The number of amides is 1. The van der Waals surface area contributed by atoms with Crippen LogP contribution in [0.15, 0.2) is 12.1 Å². The highest BCUT2D eigenvalue weighted by Gasteiger charge is 2.31. The smallest absolute Gasteiger partial charge is 0.413 e. The first-order valence-electron chi connectivity index (χ1n) is 11.5. The zero-order valence-corrected chi connectivity index (χ0v) is 19.7. The van der Waals surface area contributed by atoms with Gasteiger partial charge in [-0.3, -0.25) is 10.1 Å². The van der Waals surface area contributed by atoms with Gasteiger partial charge < -0.3 is 14.6 Å². The van der Waals surface area contributed by atoms with Crippen LogP contribution in [0.4, 0.5) is 10.6 Å². The third kappa shape index (κ3) is 6.21. The van der Waals surface area contributed by atoms with Gasteiger partial charge in [-0.05, 0) is 45.2 Å². The van der Waals surface area contributed by atoms with Crippen LogP contribution in [0.3, 0.4) is 0 Å². The number of nitrogens with one attached hydrogen (secondary N) is 1. The number of aliphatic carboxylic acids is 1. The number of carbonyl (C=O) groups excluding carboxylic acids is 1. The van der Waals surface area contributed by atoms with Gasteiger partial charge in [0.2, 0.25) is 0 Å². The molecule has 2 heterocycles. The lowest BCUT2D eigenvalue weighted by Gasteiger charge is -2.28. The number of carboxylic acid groups (broad SMARTS) is 1. The maximum Gasteiger partial charge on any atom is 0.413 e. The maximum absolute atomic E-state index is 12.3. The Hall–Kier alpha value is -3.17. The summed E-state index contributed by atoms with van der Waals surface area (Å²) in [4.78, 5) is 28.4. The van der Waals surface area contributed by atoms with Crippen molar-refractivity contribution in [3.8, 4) is 17.1 Å². The molecule has 0 radical (unpaired) electrons. The van der Waals surface area contributed by atoms with E-state index < -0.39 is 12.1 Å². The molecule has 1 aliphatic carbocycles. The van der Waals surface area contributed by atoms with Crippen molar-refractivity contribution in [2.75, 3.05) is 11.9 Å². The minimum atomic E-state index is -0.751. The molecule has 33 heavy (non-hydrogen) atoms. The Morgan fingerprint density at radius 3 is 2.76 bits per heavy atom. The SMILES string of the molecule is CCC[C@@H](C)OC(=O)Nc1c(-c2ccc(OC[C@H]3CCCC[C@@H]3C(=O)O)c(C)n2)nnn1C. The van der Waals surface area contributed by atoms with Crippen molar-refractivity contribution in [3.05, 3.63) is 17.8 Å². The molecule has 0 aromatic carbocycles. The largest absolute Gasteiger partial charge is 0.491 e. The molecule has 3 atom stereocenters. The molecule has 2 N–H and O–H groups in total. The van der Waals surface area contributed by atoms with Crippen LogP contribution >= 0.6 is 0 Å². The summed E-state index contributed by atoms with van der Waals surface area (Å²) in [5.41, 5.74) is 1.60. The number of carbonyl (C=O) groups is 2. The van der Waals surface area contributed by atoms with Gasteiger partial charge in [0.15, 0.2) is 11.5 Å². The molecule has 10 nitrogen and oxygen atoms in total. The Kier molecular flexibility index (Phi) is 8.24. The molecular weight excluding hydrogens is 426 g/mol. The third-order valence-corrected chi connectivity index (χ3v) is 6.01. The second-order valence-corrected chi connectivity index (χ2v) is 8.62. The summed E-state index contributed by atoms with van der Waals surface area (Å²) < 4.78 is 12.8. The highest BCUT2D eigenvalue weighted by Crippen LogP contribution is 2.32. The lowest BCUT2D eigenvalue weighted by molar-refractivity contribution is -0.145. The van der Waals surface area contributed by atoms with Gasteiger partial charge >= 0.3 is 12.1 Å². The highest BCUT2D eigenvalue weighted by molar-refractivity contribution is 5.88. The number of nitrogens with zero attached hydrogens (tertiary/aromatic N) is 4. The average molecular weight is 460 g/mol. The van der Waals surface area contributed by atoms with E-state index >= 15 is 0 Å². The predicted molar refractivity (Wildman–Crippen MR) is 122 cm³/mol. The van der Waals surface area contributed by atoms with Gasteiger partial charge in [-0.15, -0.1) is 5.10 Å². The highest BCUT2D eigenvalue weighted by atomic mass is 16.6. The summed E-state index contributed by atoms with van der Waals surface area (Å²) in [6.07, 6.45) is 4.45. The van der Waals surface area contributed by atoms with E-state index in [1.807, 2.05) is 20.8 Å². The Labute approximate surface area is 193 Å². The summed E-state index contributed by atoms with van der Waals surface area (Å²) in [7, 11) is 1.68. The summed E-state index contributed by atoms with van der Waals surface area (Å²) in [5, 5.41) is 20.3. The van der Waals surface area contributed by atoms with E-state index in [0.717, 1.165) is 32.1 Å². The van der Waals surface area contributed by atoms with Crippen LogP contribution in [0, 0.1) is 18.8 Å². The third-order valence-electron chi connectivity index (χ3n) is 6.01. The van der Waals surface area contributed by atoms with Gasteiger partial charge in [0, 0.05) is 13.0 Å². The van der Waals surface area contributed by atoms with Crippen molar-refractivity contribution in [2.24, 2.45) is 18.9 Å². The number of carboxylic acids is 1. The molecule has 2 aromatic rings. The number of hydrogen-bond acceptors (Lipinski definition) is 7. The van der Waals surface area contributed by atoms with E-state index in [9.17, 15) is 14.7 Å². The van der Waals surface area contributed by atoms with Gasteiger partial charge in [-0.2, -0.15) is 0 Å². The van der Waals surface area contributed by atoms with Crippen LogP contribution in [-0.2, 0) is 16.6 Å².